The highest BCUT2D eigenvalue weighted by Crippen LogP contribution is 2.16. The van der Waals surface area contributed by atoms with Crippen molar-refractivity contribution in [1.82, 2.24) is 5.32 Å². The van der Waals surface area contributed by atoms with E-state index >= 15 is 0 Å². The molecule has 0 bridgehead atoms. The van der Waals surface area contributed by atoms with Crippen LogP contribution in [-0.4, -0.2) is 19.1 Å². The number of ether oxygens (including phenoxy) is 1. The molecule has 0 spiro atoms. The fourth-order valence-corrected chi connectivity index (χ4v) is 1.45. The van der Waals surface area contributed by atoms with Gasteiger partial charge in [-0.25, -0.2) is 0 Å². The molecule has 1 aromatic carbocycles. The van der Waals surface area contributed by atoms with Crippen LogP contribution in [0.2, 0.25) is 0 Å². The summed E-state index contributed by atoms with van der Waals surface area (Å²) in [6.07, 6.45) is 0. The zero-order chi connectivity index (χ0) is 12.8. The number of benzene rings is 1. The lowest BCUT2D eigenvalue weighted by Gasteiger charge is -2.16. The van der Waals surface area contributed by atoms with E-state index in [9.17, 15) is 4.79 Å². The van der Waals surface area contributed by atoms with Crippen molar-refractivity contribution in [2.45, 2.75) is 26.4 Å². The SMILES string of the molecule is COc1ccccc1CNC(=O)[C@@H](N)C(C)C. The van der Waals surface area contributed by atoms with Gasteiger partial charge in [-0.2, -0.15) is 0 Å². The molecule has 0 aliphatic carbocycles. The Morgan fingerprint density at radius 2 is 2.06 bits per heavy atom. The van der Waals surface area contributed by atoms with Crippen molar-refractivity contribution in [3.05, 3.63) is 29.8 Å². The van der Waals surface area contributed by atoms with Crippen LogP contribution in [0.25, 0.3) is 0 Å². The summed E-state index contributed by atoms with van der Waals surface area (Å²) in [7, 11) is 1.61. The second kappa shape index (κ2) is 6.25. The van der Waals surface area contributed by atoms with Crippen LogP contribution in [-0.2, 0) is 11.3 Å². The van der Waals surface area contributed by atoms with E-state index in [0.717, 1.165) is 11.3 Å². The Hall–Kier alpha value is -1.55. The summed E-state index contributed by atoms with van der Waals surface area (Å²) in [6.45, 7) is 4.28. The number of carbonyl (C=O) groups is 1. The fraction of sp³-hybridized carbons (Fsp3) is 0.462. The first-order chi connectivity index (χ1) is 8.06. The highest BCUT2D eigenvalue weighted by molar-refractivity contribution is 5.81. The molecule has 1 aromatic rings. The molecular weight excluding hydrogens is 216 g/mol. The van der Waals surface area contributed by atoms with Crippen molar-refractivity contribution in [2.24, 2.45) is 11.7 Å². The molecule has 0 heterocycles. The molecular formula is C13H20N2O2. The van der Waals surface area contributed by atoms with Crippen LogP contribution < -0.4 is 15.8 Å². The Balaban J connectivity index is 2.58. The molecule has 0 aliphatic rings. The molecule has 0 fully saturated rings. The Bertz CT molecular complexity index is 377. The maximum Gasteiger partial charge on any atom is 0.237 e. The number of rotatable bonds is 5. The first kappa shape index (κ1) is 13.5. The van der Waals surface area contributed by atoms with Gasteiger partial charge >= 0.3 is 0 Å². The average Bonchev–Trinajstić information content (AvgIpc) is 2.35. The van der Waals surface area contributed by atoms with Crippen LogP contribution >= 0.6 is 0 Å². The van der Waals surface area contributed by atoms with Gasteiger partial charge in [0.25, 0.3) is 0 Å². The second-order valence-electron chi connectivity index (χ2n) is 4.30. The topological polar surface area (TPSA) is 64.3 Å². The standard InChI is InChI=1S/C13H20N2O2/c1-9(2)12(14)13(16)15-8-10-6-4-5-7-11(10)17-3/h4-7,9,12H,8,14H2,1-3H3,(H,15,16)/t12-/m0/s1. The third kappa shape index (κ3) is 3.75. The first-order valence-electron chi connectivity index (χ1n) is 5.71. The molecule has 0 radical (unpaired) electrons. The Morgan fingerprint density at radius 1 is 1.41 bits per heavy atom. The minimum Gasteiger partial charge on any atom is -0.496 e. The van der Waals surface area contributed by atoms with Crippen molar-refractivity contribution in [3.8, 4) is 5.75 Å². The summed E-state index contributed by atoms with van der Waals surface area (Å²) >= 11 is 0. The number of nitrogens with one attached hydrogen (secondary N) is 1. The molecule has 0 unspecified atom stereocenters. The molecule has 4 heteroatoms. The Labute approximate surface area is 102 Å². The molecule has 1 amide bonds. The van der Waals surface area contributed by atoms with Crippen molar-refractivity contribution in [1.29, 1.82) is 0 Å². The Morgan fingerprint density at radius 3 is 2.65 bits per heavy atom. The van der Waals surface area contributed by atoms with Gasteiger partial charge in [0, 0.05) is 12.1 Å². The normalized spacial score (nSPS) is 12.3. The summed E-state index contributed by atoms with van der Waals surface area (Å²) in [5.74, 6) is 0.768. The van der Waals surface area contributed by atoms with Crippen LogP contribution in [0.15, 0.2) is 24.3 Å². The molecule has 0 saturated heterocycles. The van der Waals surface area contributed by atoms with Crippen LogP contribution in [0.5, 0.6) is 5.75 Å². The molecule has 0 aliphatic heterocycles. The van der Waals surface area contributed by atoms with Gasteiger partial charge in [0.15, 0.2) is 0 Å². The van der Waals surface area contributed by atoms with E-state index in [1.54, 1.807) is 7.11 Å². The number of hydrogen-bond donors (Lipinski definition) is 2. The van der Waals surface area contributed by atoms with Crippen molar-refractivity contribution < 1.29 is 9.53 Å². The predicted molar refractivity (Wildman–Crippen MR) is 67.7 cm³/mol. The van der Waals surface area contributed by atoms with Crippen LogP contribution in [0.1, 0.15) is 19.4 Å². The summed E-state index contributed by atoms with van der Waals surface area (Å²) in [4.78, 5) is 11.7. The third-order valence-corrected chi connectivity index (χ3v) is 2.67. The predicted octanol–water partition coefficient (Wildman–Crippen LogP) is 1.29. The van der Waals surface area contributed by atoms with Gasteiger partial charge in [-0.15, -0.1) is 0 Å². The summed E-state index contributed by atoms with van der Waals surface area (Å²) in [5.41, 5.74) is 6.70. The summed E-state index contributed by atoms with van der Waals surface area (Å²) < 4.78 is 5.20. The lowest BCUT2D eigenvalue weighted by Crippen LogP contribution is -2.43. The molecule has 1 rings (SSSR count). The highest BCUT2D eigenvalue weighted by Gasteiger charge is 2.16. The quantitative estimate of drug-likeness (QED) is 0.809. The van der Waals surface area contributed by atoms with Crippen LogP contribution in [0, 0.1) is 5.92 Å². The van der Waals surface area contributed by atoms with Gasteiger partial charge in [0.2, 0.25) is 5.91 Å². The molecule has 4 nitrogen and oxygen atoms in total. The van der Waals surface area contributed by atoms with Crippen molar-refractivity contribution >= 4 is 5.91 Å². The van der Waals surface area contributed by atoms with Crippen LogP contribution in [0.4, 0.5) is 0 Å². The molecule has 94 valence electrons. The third-order valence-electron chi connectivity index (χ3n) is 2.67. The fourth-order valence-electron chi connectivity index (χ4n) is 1.45. The number of methoxy groups -OCH3 is 1. The monoisotopic (exact) mass is 236 g/mol. The highest BCUT2D eigenvalue weighted by atomic mass is 16.5. The summed E-state index contributed by atoms with van der Waals surface area (Å²) in [6, 6.07) is 7.12. The van der Waals surface area contributed by atoms with Gasteiger partial charge in [-0.1, -0.05) is 32.0 Å². The van der Waals surface area contributed by atoms with Gasteiger partial charge in [0.05, 0.1) is 13.2 Å². The van der Waals surface area contributed by atoms with Gasteiger partial charge in [0.1, 0.15) is 5.75 Å². The van der Waals surface area contributed by atoms with Crippen LogP contribution in [0.3, 0.4) is 0 Å². The molecule has 1 atom stereocenters. The maximum atomic E-state index is 11.7. The van der Waals surface area contributed by atoms with Gasteiger partial charge in [-0.05, 0) is 12.0 Å². The number of nitrogens with two attached hydrogens (primary N) is 1. The zero-order valence-electron chi connectivity index (χ0n) is 10.6. The van der Waals surface area contributed by atoms with Crippen molar-refractivity contribution in [2.75, 3.05) is 7.11 Å². The maximum absolute atomic E-state index is 11.7. The van der Waals surface area contributed by atoms with E-state index in [2.05, 4.69) is 5.32 Å². The lowest BCUT2D eigenvalue weighted by atomic mass is 10.0. The second-order valence-corrected chi connectivity index (χ2v) is 4.30. The number of hydrogen-bond acceptors (Lipinski definition) is 3. The zero-order valence-corrected chi connectivity index (χ0v) is 10.6. The minimum atomic E-state index is -0.468. The van der Waals surface area contributed by atoms with E-state index in [4.69, 9.17) is 10.5 Å². The molecule has 0 aromatic heterocycles. The van der Waals surface area contributed by atoms with E-state index in [0.29, 0.717) is 6.54 Å². The van der Waals surface area contributed by atoms with Crippen molar-refractivity contribution in [3.63, 3.8) is 0 Å². The van der Waals surface area contributed by atoms with Gasteiger partial charge in [-0.3, -0.25) is 4.79 Å². The minimum absolute atomic E-state index is 0.132. The molecule has 3 N–H and O–H groups in total. The van der Waals surface area contributed by atoms with E-state index in [-0.39, 0.29) is 11.8 Å². The first-order valence-corrected chi connectivity index (χ1v) is 5.71. The molecule has 0 saturated carbocycles. The largest absolute Gasteiger partial charge is 0.496 e. The summed E-state index contributed by atoms with van der Waals surface area (Å²) in [5, 5.41) is 2.81. The van der Waals surface area contributed by atoms with E-state index < -0.39 is 6.04 Å². The number of amides is 1. The van der Waals surface area contributed by atoms with E-state index in [1.165, 1.54) is 0 Å². The molecule has 17 heavy (non-hydrogen) atoms. The number of carbonyl (C=O) groups excluding carboxylic acids is 1. The number of para-hydroxylation sites is 1. The van der Waals surface area contributed by atoms with E-state index in [1.807, 2.05) is 38.1 Å². The van der Waals surface area contributed by atoms with Gasteiger partial charge < -0.3 is 15.8 Å². The Kier molecular flexibility index (Phi) is 4.97. The lowest BCUT2D eigenvalue weighted by molar-refractivity contribution is -0.123. The smallest absolute Gasteiger partial charge is 0.237 e. The average molecular weight is 236 g/mol.